The van der Waals surface area contributed by atoms with Crippen molar-refractivity contribution < 1.29 is 15.0 Å². The SMILES string of the molecule is CC[C@]1(NC(=O)O)C=CC=CC1O. The average molecular weight is 183 g/mol. The van der Waals surface area contributed by atoms with E-state index in [1.54, 1.807) is 24.3 Å². The van der Waals surface area contributed by atoms with Gasteiger partial charge in [-0.2, -0.15) is 0 Å². The lowest BCUT2D eigenvalue weighted by molar-refractivity contribution is 0.114. The molecule has 1 aliphatic rings. The predicted octanol–water partition coefficient (Wildman–Crippen LogP) is 0.890. The Bertz CT molecular complexity index is 260. The van der Waals surface area contributed by atoms with Crippen LogP contribution < -0.4 is 5.32 Å². The van der Waals surface area contributed by atoms with Crippen LogP contribution in [0.4, 0.5) is 4.79 Å². The lowest BCUT2D eigenvalue weighted by atomic mass is 9.86. The first-order valence-electron chi connectivity index (χ1n) is 4.16. The van der Waals surface area contributed by atoms with Gasteiger partial charge in [-0.1, -0.05) is 31.2 Å². The molecule has 0 spiro atoms. The van der Waals surface area contributed by atoms with Crippen LogP contribution >= 0.6 is 0 Å². The Morgan fingerprint density at radius 1 is 1.62 bits per heavy atom. The Morgan fingerprint density at radius 3 is 2.77 bits per heavy atom. The summed E-state index contributed by atoms with van der Waals surface area (Å²) in [4.78, 5) is 10.5. The van der Waals surface area contributed by atoms with E-state index in [2.05, 4.69) is 5.32 Å². The van der Waals surface area contributed by atoms with Crippen molar-refractivity contribution >= 4 is 6.09 Å². The van der Waals surface area contributed by atoms with Crippen LogP contribution in [-0.2, 0) is 0 Å². The number of rotatable bonds is 2. The molecule has 0 heterocycles. The minimum atomic E-state index is -1.12. The first kappa shape index (κ1) is 9.80. The summed E-state index contributed by atoms with van der Waals surface area (Å²) < 4.78 is 0. The molecule has 0 radical (unpaired) electrons. The van der Waals surface area contributed by atoms with Gasteiger partial charge in [0.1, 0.15) is 0 Å². The fraction of sp³-hybridized carbons (Fsp3) is 0.444. The van der Waals surface area contributed by atoms with Gasteiger partial charge in [-0.15, -0.1) is 0 Å². The number of nitrogens with one attached hydrogen (secondary N) is 1. The van der Waals surface area contributed by atoms with Crippen LogP contribution in [0.25, 0.3) is 0 Å². The lowest BCUT2D eigenvalue weighted by Gasteiger charge is -2.34. The molecule has 0 bridgehead atoms. The fourth-order valence-electron chi connectivity index (χ4n) is 1.40. The third-order valence-corrected chi connectivity index (χ3v) is 2.25. The van der Waals surface area contributed by atoms with E-state index in [0.717, 1.165) is 0 Å². The maximum atomic E-state index is 10.5. The zero-order valence-electron chi connectivity index (χ0n) is 7.40. The number of aliphatic hydroxyl groups is 1. The second kappa shape index (κ2) is 3.62. The van der Waals surface area contributed by atoms with Crippen molar-refractivity contribution in [3.63, 3.8) is 0 Å². The quantitative estimate of drug-likeness (QED) is 0.595. The summed E-state index contributed by atoms with van der Waals surface area (Å²) in [6.45, 7) is 1.82. The van der Waals surface area contributed by atoms with Crippen LogP contribution in [0, 0.1) is 0 Å². The van der Waals surface area contributed by atoms with Gasteiger partial charge in [0.15, 0.2) is 0 Å². The van der Waals surface area contributed by atoms with Crippen LogP contribution in [0.1, 0.15) is 13.3 Å². The fourth-order valence-corrected chi connectivity index (χ4v) is 1.40. The van der Waals surface area contributed by atoms with Crippen molar-refractivity contribution in [2.75, 3.05) is 0 Å². The van der Waals surface area contributed by atoms with Gasteiger partial charge in [-0.25, -0.2) is 4.79 Å². The van der Waals surface area contributed by atoms with Gasteiger partial charge in [-0.05, 0) is 6.42 Å². The van der Waals surface area contributed by atoms with E-state index in [1.165, 1.54) is 0 Å². The molecule has 1 aliphatic carbocycles. The third-order valence-electron chi connectivity index (χ3n) is 2.25. The molecule has 0 aliphatic heterocycles. The first-order chi connectivity index (χ1) is 6.10. The predicted molar refractivity (Wildman–Crippen MR) is 48.5 cm³/mol. The zero-order valence-corrected chi connectivity index (χ0v) is 7.40. The van der Waals surface area contributed by atoms with E-state index in [0.29, 0.717) is 6.42 Å². The molecule has 0 saturated carbocycles. The summed E-state index contributed by atoms with van der Waals surface area (Å²) in [5.74, 6) is 0. The highest BCUT2D eigenvalue weighted by Gasteiger charge is 2.34. The Labute approximate surface area is 76.6 Å². The smallest absolute Gasteiger partial charge is 0.405 e. The molecule has 1 rings (SSSR count). The topological polar surface area (TPSA) is 69.6 Å². The Hall–Kier alpha value is -1.29. The molecule has 2 atom stereocenters. The largest absolute Gasteiger partial charge is 0.465 e. The zero-order chi connectivity index (χ0) is 9.90. The number of hydrogen-bond donors (Lipinski definition) is 3. The molecule has 1 unspecified atom stereocenters. The van der Waals surface area contributed by atoms with E-state index >= 15 is 0 Å². The molecule has 0 aromatic heterocycles. The lowest BCUT2D eigenvalue weighted by Crippen LogP contribution is -2.54. The Balaban J connectivity index is 2.85. The third kappa shape index (κ3) is 1.89. The van der Waals surface area contributed by atoms with Crippen molar-refractivity contribution in [3.05, 3.63) is 24.3 Å². The molecule has 72 valence electrons. The molecule has 4 nitrogen and oxygen atoms in total. The molecule has 13 heavy (non-hydrogen) atoms. The highest BCUT2D eigenvalue weighted by molar-refractivity contribution is 5.66. The van der Waals surface area contributed by atoms with Gasteiger partial charge < -0.3 is 15.5 Å². The molecular weight excluding hydrogens is 170 g/mol. The van der Waals surface area contributed by atoms with E-state index in [4.69, 9.17) is 5.11 Å². The molecule has 0 aromatic rings. The minimum Gasteiger partial charge on any atom is -0.465 e. The molecule has 0 fully saturated rings. The normalized spacial score (nSPS) is 31.7. The maximum Gasteiger partial charge on any atom is 0.405 e. The van der Waals surface area contributed by atoms with Gasteiger partial charge in [-0.3, -0.25) is 0 Å². The summed E-state index contributed by atoms with van der Waals surface area (Å²) in [6, 6.07) is 0. The second-order valence-electron chi connectivity index (χ2n) is 3.01. The van der Waals surface area contributed by atoms with Gasteiger partial charge in [0, 0.05) is 0 Å². The van der Waals surface area contributed by atoms with E-state index in [1.807, 2.05) is 6.92 Å². The monoisotopic (exact) mass is 183 g/mol. The molecule has 0 aromatic carbocycles. The van der Waals surface area contributed by atoms with Crippen LogP contribution in [0.3, 0.4) is 0 Å². The maximum absolute atomic E-state index is 10.5. The van der Waals surface area contributed by atoms with E-state index in [-0.39, 0.29) is 0 Å². The highest BCUT2D eigenvalue weighted by atomic mass is 16.4. The van der Waals surface area contributed by atoms with Crippen LogP contribution in [-0.4, -0.2) is 27.9 Å². The molecule has 4 heteroatoms. The van der Waals surface area contributed by atoms with Crippen LogP contribution in [0.15, 0.2) is 24.3 Å². The minimum absolute atomic E-state index is 0.515. The van der Waals surface area contributed by atoms with Crippen LogP contribution in [0.5, 0.6) is 0 Å². The summed E-state index contributed by atoms with van der Waals surface area (Å²) in [5.41, 5.74) is -0.861. The number of carbonyl (C=O) groups is 1. The summed E-state index contributed by atoms with van der Waals surface area (Å²) in [7, 11) is 0. The first-order valence-corrected chi connectivity index (χ1v) is 4.16. The standard InChI is InChI=1S/C9H13NO3/c1-2-9(10-8(12)13)6-4-3-5-7(9)11/h3-7,10-11H,2H2,1H3,(H,12,13)/t7?,9-/m0/s1. The number of aliphatic hydroxyl groups excluding tert-OH is 1. The second-order valence-corrected chi connectivity index (χ2v) is 3.01. The Kier molecular flexibility index (Phi) is 2.72. The Morgan fingerprint density at radius 2 is 2.31 bits per heavy atom. The molecule has 1 amide bonds. The van der Waals surface area contributed by atoms with Crippen LogP contribution in [0.2, 0.25) is 0 Å². The number of carboxylic acid groups (broad SMARTS) is 1. The average Bonchev–Trinajstić information content (AvgIpc) is 2.08. The van der Waals surface area contributed by atoms with Crippen molar-refractivity contribution in [1.29, 1.82) is 0 Å². The van der Waals surface area contributed by atoms with Gasteiger partial charge >= 0.3 is 6.09 Å². The number of hydrogen-bond acceptors (Lipinski definition) is 2. The highest BCUT2D eigenvalue weighted by Crippen LogP contribution is 2.21. The van der Waals surface area contributed by atoms with Crippen molar-refractivity contribution in [1.82, 2.24) is 5.32 Å². The summed E-state index contributed by atoms with van der Waals surface area (Å²) in [6.07, 6.45) is 5.26. The summed E-state index contributed by atoms with van der Waals surface area (Å²) >= 11 is 0. The van der Waals surface area contributed by atoms with Gasteiger partial charge in [0.25, 0.3) is 0 Å². The molecular formula is C9H13NO3. The molecule has 3 N–H and O–H groups in total. The number of amides is 1. The van der Waals surface area contributed by atoms with Crippen molar-refractivity contribution in [3.8, 4) is 0 Å². The van der Waals surface area contributed by atoms with Crippen molar-refractivity contribution in [2.24, 2.45) is 0 Å². The molecule has 0 saturated heterocycles. The summed E-state index contributed by atoms with van der Waals surface area (Å²) in [5, 5.41) is 20.5. The van der Waals surface area contributed by atoms with E-state index in [9.17, 15) is 9.90 Å². The number of allylic oxidation sites excluding steroid dienone is 2. The van der Waals surface area contributed by atoms with Gasteiger partial charge in [0.05, 0.1) is 11.6 Å². The van der Waals surface area contributed by atoms with Gasteiger partial charge in [0.2, 0.25) is 0 Å². The van der Waals surface area contributed by atoms with Crippen molar-refractivity contribution in [2.45, 2.75) is 25.0 Å². The van der Waals surface area contributed by atoms with E-state index < -0.39 is 17.7 Å².